The van der Waals surface area contributed by atoms with Crippen molar-refractivity contribution >= 4 is 0 Å². The molecule has 1 spiro atoms. The molecule has 2 saturated heterocycles. The van der Waals surface area contributed by atoms with Gasteiger partial charge in [0.1, 0.15) is 11.9 Å². The molecular formula is C13H18N2O2. The maximum Gasteiger partial charge on any atom is 0.125 e. The van der Waals surface area contributed by atoms with E-state index in [0.29, 0.717) is 6.61 Å². The number of nitrogens with one attached hydrogen (secondary N) is 1. The van der Waals surface area contributed by atoms with Crippen molar-refractivity contribution in [2.45, 2.75) is 31.0 Å². The molecule has 4 heteroatoms. The van der Waals surface area contributed by atoms with E-state index in [9.17, 15) is 0 Å². The molecule has 3 rings (SSSR count). The highest BCUT2D eigenvalue weighted by Crippen LogP contribution is 2.35. The molecule has 2 aliphatic heterocycles. The lowest BCUT2D eigenvalue weighted by Gasteiger charge is -2.32. The lowest BCUT2D eigenvalue weighted by atomic mass is 9.89. The normalized spacial score (nSPS) is 27.2. The van der Waals surface area contributed by atoms with Gasteiger partial charge >= 0.3 is 0 Å². The summed E-state index contributed by atoms with van der Waals surface area (Å²) in [5, 5.41) is 3.37. The standard InChI is InChI=1S/C13H18N2O2/c1-5-14-6-2-11(1)17-12-9-13(16-10-12)3-7-15-8-4-13/h1-2,5-6,12,15H,3-4,7-10H2. The van der Waals surface area contributed by atoms with Crippen molar-refractivity contribution in [3.63, 3.8) is 0 Å². The SMILES string of the molecule is c1cc(OC2COC3(CCNCC3)C2)ccn1. The highest BCUT2D eigenvalue weighted by atomic mass is 16.6. The lowest BCUT2D eigenvalue weighted by Crippen LogP contribution is -2.41. The first kappa shape index (κ1) is 11.0. The number of hydrogen-bond donors (Lipinski definition) is 1. The van der Waals surface area contributed by atoms with Gasteiger partial charge in [-0.1, -0.05) is 0 Å². The zero-order valence-corrected chi connectivity index (χ0v) is 9.89. The number of hydrogen-bond acceptors (Lipinski definition) is 4. The van der Waals surface area contributed by atoms with E-state index >= 15 is 0 Å². The van der Waals surface area contributed by atoms with Crippen LogP contribution in [0.2, 0.25) is 0 Å². The monoisotopic (exact) mass is 234 g/mol. The second-order valence-corrected chi connectivity index (χ2v) is 4.87. The summed E-state index contributed by atoms with van der Waals surface area (Å²) in [6.45, 7) is 2.83. The van der Waals surface area contributed by atoms with Gasteiger partial charge in [0.25, 0.3) is 0 Å². The summed E-state index contributed by atoms with van der Waals surface area (Å²) in [6, 6.07) is 3.79. The van der Waals surface area contributed by atoms with Gasteiger partial charge in [-0.25, -0.2) is 0 Å². The van der Waals surface area contributed by atoms with Gasteiger partial charge in [-0.15, -0.1) is 0 Å². The van der Waals surface area contributed by atoms with Crippen LogP contribution >= 0.6 is 0 Å². The van der Waals surface area contributed by atoms with Crippen LogP contribution in [-0.2, 0) is 4.74 Å². The molecule has 0 amide bonds. The Bertz CT molecular complexity index is 363. The van der Waals surface area contributed by atoms with Crippen LogP contribution in [0.5, 0.6) is 5.75 Å². The Balaban J connectivity index is 1.60. The predicted molar refractivity (Wildman–Crippen MR) is 64.1 cm³/mol. The molecule has 1 unspecified atom stereocenters. The van der Waals surface area contributed by atoms with E-state index < -0.39 is 0 Å². The molecule has 0 aliphatic carbocycles. The molecule has 92 valence electrons. The summed E-state index contributed by atoms with van der Waals surface area (Å²) < 4.78 is 11.9. The fourth-order valence-electron chi connectivity index (χ4n) is 2.72. The molecule has 0 aromatic carbocycles. The third-order valence-electron chi connectivity index (χ3n) is 3.64. The predicted octanol–water partition coefficient (Wildman–Crippen LogP) is 1.37. The summed E-state index contributed by atoms with van der Waals surface area (Å²) in [6.07, 6.45) is 6.91. The van der Waals surface area contributed by atoms with Gasteiger partial charge in [-0.2, -0.15) is 0 Å². The number of rotatable bonds is 2. The summed E-state index contributed by atoms with van der Waals surface area (Å²) >= 11 is 0. The number of ether oxygens (including phenoxy) is 2. The Kier molecular flexibility index (Phi) is 2.99. The van der Waals surface area contributed by atoms with Crippen molar-refractivity contribution in [1.82, 2.24) is 10.3 Å². The van der Waals surface area contributed by atoms with Gasteiger partial charge in [0.05, 0.1) is 12.2 Å². The van der Waals surface area contributed by atoms with Crippen LogP contribution in [0.1, 0.15) is 19.3 Å². The van der Waals surface area contributed by atoms with Crippen LogP contribution in [0.4, 0.5) is 0 Å². The van der Waals surface area contributed by atoms with Crippen LogP contribution in [0.25, 0.3) is 0 Å². The zero-order valence-electron chi connectivity index (χ0n) is 9.89. The summed E-state index contributed by atoms with van der Waals surface area (Å²) in [5.41, 5.74) is 0.0724. The first-order valence-electron chi connectivity index (χ1n) is 6.28. The largest absolute Gasteiger partial charge is 0.488 e. The summed E-state index contributed by atoms with van der Waals surface area (Å²) in [7, 11) is 0. The fourth-order valence-corrected chi connectivity index (χ4v) is 2.72. The second-order valence-electron chi connectivity index (χ2n) is 4.87. The van der Waals surface area contributed by atoms with Crippen LogP contribution in [0.3, 0.4) is 0 Å². The molecule has 3 heterocycles. The molecule has 1 N–H and O–H groups in total. The van der Waals surface area contributed by atoms with Crippen molar-refractivity contribution in [3.05, 3.63) is 24.5 Å². The molecule has 2 aliphatic rings. The van der Waals surface area contributed by atoms with Gasteiger partial charge in [0.2, 0.25) is 0 Å². The van der Waals surface area contributed by atoms with Crippen LogP contribution in [-0.4, -0.2) is 36.4 Å². The van der Waals surface area contributed by atoms with E-state index in [1.807, 2.05) is 12.1 Å². The Hall–Kier alpha value is -1.13. The van der Waals surface area contributed by atoms with Crippen LogP contribution in [0.15, 0.2) is 24.5 Å². The van der Waals surface area contributed by atoms with E-state index in [0.717, 1.165) is 38.1 Å². The van der Waals surface area contributed by atoms with E-state index in [4.69, 9.17) is 9.47 Å². The van der Waals surface area contributed by atoms with Crippen molar-refractivity contribution in [2.24, 2.45) is 0 Å². The number of pyridine rings is 1. The zero-order chi connectivity index (χ0) is 11.6. The van der Waals surface area contributed by atoms with E-state index in [2.05, 4.69) is 10.3 Å². The highest BCUT2D eigenvalue weighted by Gasteiger charge is 2.42. The van der Waals surface area contributed by atoms with Gasteiger partial charge in [0.15, 0.2) is 0 Å². The molecule has 0 bridgehead atoms. The highest BCUT2D eigenvalue weighted by molar-refractivity contribution is 5.17. The number of piperidine rings is 1. The molecular weight excluding hydrogens is 216 g/mol. The maximum atomic E-state index is 5.99. The van der Waals surface area contributed by atoms with Crippen molar-refractivity contribution in [2.75, 3.05) is 19.7 Å². The first-order valence-corrected chi connectivity index (χ1v) is 6.28. The lowest BCUT2D eigenvalue weighted by molar-refractivity contribution is -0.0205. The quantitative estimate of drug-likeness (QED) is 0.839. The average Bonchev–Trinajstić information content (AvgIpc) is 2.74. The van der Waals surface area contributed by atoms with Crippen molar-refractivity contribution in [3.8, 4) is 5.75 Å². The molecule has 2 fully saturated rings. The molecule has 1 aromatic rings. The molecule has 1 atom stereocenters. The van der Waals surface area contributed by atoms with Gasteiger partial charge < -0.3 is 14.8 Å². The minimum Gasteiger partial charge on any atom is -0.488 e. The van der Waals surface area contributed by atoms with Crippen LogP contribution < -0.4 is 10.1 Å². The van der Waals surface area contributed by atoms with E-state index in [1.165, 1.54) is 0 Å². The molecule has 17 heavy (non-hydrogen) atoms. The maximum absolute atomic E-state index is 5.99. The minimum atomic E-state index is 0.0724. The Morgan fingerprint density at radius 1 is 1.29 bits per heavy atom. The first-order chi connectivity index (χ1) is 8.36. The Morgan fingerprint density at radius 3 is 2.82 bits per heavy atom. The average molecular weight is 234 g/mol. The van der Waals surface area contributed by atoms with Crippen molar-refractivity contribution in [1.29, 1.82) is 0 Å². The Morgan fingerprint density at radius 2 is 2.06 bits per heavy atom. The second kappa shape index (κ2) is 4.63. The van der Waals surface area contributed by atoms with E-state index in [-0.39, 0.29) is 11.7 Å². The third kappa shape index (κ3) is 2.42. The number of aromatic nitrogens is 1. The topological polar surface area (TPSA) is 43.4 Å². The molecule has 1 aromatic heterocycles. The number of nitrogens with zero attached hydrogens (tertiary/aromatic N) is 1. The van der Waals surface area contributed by atoms with Gasteiger partial charge in [-0.05, 0) is 38.1 Å². The van der Waals surface area contributed by atoms with E-state index in [1.54, 1.807) is 12.4 Å². The minimum absolute atomic E-state index is 0.0724. The van der Waals surface area contributed by atoms with Crippen LogP contribution in [0, 0.1) is 0 Å². The summed E-state index contributed by atoms with van der Waals surface area (Å²) in [4.78, 5) is 3.98. The Labute approximate surface area is 101 Å². The fraction of sp³-hybridized carbons (Fsp3) is 0.615. The van der Waals surface area contributed by atoms with Gasteiger partial charge in [0, 0.05) is 18.8 Å². The molecule has 4 nitrogen and oxygen atoms in total. The molecule has 0 radical (unpaired) electrons. The summed E-state index contributed by atoms with van der Waals surface area (Å²) in [5.74, 6) is 0.889. The smallest absolute Gasteiger partial charge is 0.125 e. The van der Waals surface area contributed by atoms with Crippen molar-refractivity contribution < 1.29 is 9.47 Å². The van der Waals surface area contributed by atoms with Gasteiger partial charge in [-0.3, -0.25) is 4.98 Å². The molecule has 0 saturated carbocycles. The third-order valence-corrected chi connectivity index (χ3v) is 3.64.